The largest absolute Gasteiger partial charge is 0.409 e. The Morgan fingerprint density at radius 2 is 2.21 bits per heavy atom. The highest BCUT2D eigenvalue weighted by Gasteiger charge is 2.11. The van der Waals surface area contributed by atoms with Crippen molar-refractivity contribution >= 4 is 17.4 Å². The van der Waals surface area contributed by atoms with Crippen LogP contribution in [0.2, 0.25) is 5.02 Å². The number of halogens is 1. The minimum absolute atomic E-state index is 0.297. The number of hydrogen-bond donors (Lipinski definition) is 2. The van der Waals surface area contributed by atoms with Crippen LogP contribution in [0, 0.1) is 0 Å². The Balaban J connectivity index is 2.39. The van der Waals surface area contributed by atoms with Crippen LogP contribution < -0.4 is 5.73 Å². The highest BCUT2D eigenvalue weighted by Crippen LogP contribution is 2.22. The molecule has 0 aliphatic carbocycles. The number of oxime groups is 1. The first-order valence-corrected chi connectivity index (χ1v) is 6.84. The summed E-state index contributed by atoms with van der Waals surface area (Å²) in [5.74, 6) is 0.297. The van der Waals surface area contributed by atoms with Gasteiger partial charge in [-0.05, 0) is 51.1 Å². The van der Waals surface area contributed by atoms with Gasteiger partial charge in [0.25, 0.3) is 0 Å². The van der Waals surface area contributed by atoms with Crippen LogP contribution in [0.4, 0.5) is 0 Å². The van der Waals surface area contributed by atoms with Crippen LogP contribution in [0.5, 0.6) is 0 Å². The van der Waals surface area contributed by atoms with Crippen molar-refractivity contribution in [1.82, 2.24) is 4.90 Å². The molecule has 4 nitrogen and oxygen atoms in total. The smallest absolute Gasteiger partial charge is 0.139 e. The van der Waals surface area contributed by atoms with E-state index < -0.39 is 0 Å². The summed E-state index contributed by atoms with van der Waals surface area (Å²) >= 11 is 6.00. The van der Waals surface area contributed by atoms with Crippen LogP contribution in [0.15, 0.2) is 29.4 Å². The van der Waals surface area contributed by atoms with Gasteiger partial charge in [0.2, 0.25) is 0 Å². The monoisotopic (exact) mass is 283 g/mol. The van der Waals surface area contributed by atoms with Crippen LogP contribution in [-0.2, 0) is 0 Å². The molecule has 0 aromatic heterocycles. The van der Waals surface area contributed by atoms with E-state index >= 15 is 0 Å². The third-order valence-corrected chi connectivity index (χ3v) is 3.55. The highest BCUT2D eigenvalue weighted by molar-refractivity contribution is 6.30. The van der Waals surface area contributed by atoms with Crippen LogP contribution in [-0.4, -0.2) is 29.5 Å². The molecule has 0 amide bonds. The maximum Gasteiger partial charge on any atom is 0.139 e. The summed E-state index contributed by atoms with van der Waals surface area (Å²) in [5, 5.41) is 12.2. The standard InChI is InChI=1S/C14H22ClN3O/c1-11(12-6-5-7-13(15)10-12)18(2)9-4-3-8-14(16)17-19/h5-7,10-11,19H,3-4,8-9H2,1-2H3,(H2,16,17). The van der Waals surface area contributed by atoms with Crippen LogP contribution >= 0.6 is 11.6 Å². The van der Waals surface area contributed by atoms with E-state index in [0.29, 0.717) is 18.3 Å². The first-order valence-electron chi connectivity index (χ1n) is 6.46. The second-order valence-electron chi connectivity index (χ2n) is 4.76. The Hall–Kier alpha value is -1.26. The number of nitrogens with zero attached hydrogens (tertiary/aromatic N) is 2. The van der Waals surface area contributed by atoms with Gasteiger partial charge in [-0.3, -0.25) is 4.90 Å². The fourth-order valence-electron chi connectivity index (χ4n) is 1.93. The molecule has 1 rings (SSSR count). The number of amidine groups is 1. The van der Waals surface area contributed by atoms with E-state index in [1.54, 1.807) is 0 Å². The molecule has 1 unspecified atom stereocenters. The summed E-state index contributed by atoms with van der Waals surface area (Å²) in [5.41, 5.74) is 6.64. The molecule has 3 N–H and O–H groups in total. The summed E-state index contributed by atoms with van der Waals surface area (Å²) in [6.45, 7) is 3.13. The molecular weight excluding hydrogens is 262 g/mol. The van der Waals surface area contributed by atoms with E-state index in [-0.39, 0.29) is 0 Å². The van der Waals surface area contributed by atoms with Crippen molar-refractivity contribution in [3.05, 3.63) is 34.9 Å². The lowest BCUT2D eigenvalue weighted by atomic mass is 10.1. The third kappa shape index (κ3) is 5.49. The zero-order valence-corrected chi connectivity index (χ0v) is 12.3. The van der Waals surface area contributed by atoms with Crippen molar-refractivity contribution in [2.24, 2.45) is 10.9 Å². The Kier molecular flexibility index (Phi) is 6.67. The van der Waals surface area contributed by atoms with Gasteiger partial charge >= 0.3 is 0 Å². The van der Waals surface area contributed by atoms with Gasteiger partial charge in [-0.2, -0.15) is 0 Å². The van der Waals surface area contributed by atoms with Crippen molar-refractivity contribution in [2.75, 3.05) is 13.6 Å². The lowest BCUT2D eigenvalue weighted by molar-refractivity contribution is 0.256. The number of unbranched alkanes of at least 4 members (excludes halogenated alkanes) is 1. The second kappa shape index (κ2) is 8.02. The van der Waals surface area contributed by atoms with E-state index in [9.17, 15) is 0 Å². The molecule has 0 saturated carbocycles. The molecule has 1 aromatic carbocycles. The van der Waals surface area contributed by atoms with E-state index in [1.807, 2.05) is 18.2 Å². The molecule has 5 heteroatoms. The van der Waals surface area contributed by atoms with Crippen LogP contribution in [0.1, 0.15) is 37.8 Å². The molecule has 0 spiro atoms. The predicted molar refractivity (Wildman–Crippen MR) is 79.8 cm³/mol. The summed E-state index contributed by atoms with van der Waals surface area (Å²) in [4.78, 5) is 2.28. The quantitative estimate of drug-likeness (QED) is 0.265. The number of rotatable bonds is 7. The number of hydrogen-bond acceptors (Lipinski definition) is 3. The lowest BCUT2D eigenvalue weighted by Gasteiger charge is -2.25. The highest BCUT2D eigenvalue weighted by atomic mass is 35.5. The molecule has 1 aromatic rings. The molecule has 0 fully saturated rings. The van der Waals surface area contributed by atoms with Gasteiger partial charge in [0.15, 0.2) is 0 Å². The minimum Gasteiger partial charge on any atom is -0.409 e. The van der Waals surface area contributed by atoms with E-state index in [4.69, 9.17) is 22.5 Å². The van der Waals surface area contributed by atoms with Crippen molar-refractivity contribution in [3.63, 3.8) is 0 Å². The molecular formula is C14H22ClN3O. The lowest BCUT2D eigenvalue weighted by Crippen LogP contribution is -2.24. The Morgan fingerprint density at radius 3 is 2.84 bits per heavy atom. The SMILES string of the molecule is CC(c1cccc(Cl)c1)N(C)CCCCC(N)=NO. The zero-order chi connectivity index (χ0) is 14.3. The average Bonchev–Trinajstić information content (AvgIpc) is 2.42. The fourth-order valence-corrected chi connectivity index (χ4v) is 2.13. The molecule has 0 radical (unpaired) electrons. The van der Waals surface area contributed by atoms with Gasteiger partial charge in [-0.25, -0.2) is 0 Å². The molecule has 0 aliphatic rings. The van der Waals surface area contributed by atoms with Crippen LogP contribution in [0.25, 0.3) is 0 Å². The van der Waals surface area contributed by atoms with E-state index in [1.165, 1.54) is 5.56 Å². The van der Waals surface area contributed by atoms with Crippen LogP contribution in [0.3, 0.4) is 0 Å². The van der Waals surface area contributed by atoms with E-state index in [0.717, 1.165) is 24.4 Å². The van der Waals surface area contributed by atoms with Gasteiger partial charge < -0.3 is 10.9 Å². The zero-order valence-electron chi connectivity index (χ0n) is 11.5. The van der Waals surface area contributed by atoms with E-state index in [2.05, 4.69) is 30.1 Å². The fraction of sp³-hybridized carbons (Fsp3) is 0.500. The topological polar surface area (TPSA) is 61.8 Å². The molecule has 0 heterocycles. The summed E-state index contributed by atoms with van der Waals surface area (Å²) in [6, 6.07) is 8.26. The van der Waals surface area contributed by atoms with Gasteiger partial charge in [0, 0.05) is 17.5 Å². The van der Waals surface area contributed by atoms with Crippen molar-refractivity contribution < 1.29 is 5.21 Å². The molecule has 0 bridgehead atoms. The number of nitrogens with two attached hydrogens (primary N) is 1. The van der Waals surface area contributed by atoms with Gasteiger partial charge in [-0.15, -0.1) is 0 Å². The van der Waals surface area contributed by atoms with Gasteiger partial charge in [0.05, 0.1) is 0 Å². The number of benzene rings is 1. The predicted octanol–water partition coefficient (Wildman–Crippen LogP) is 3.25. The molecule has 106 valence electrons. The molecule has 1 atom stereocenters. The Labute approximate surface area is 119 Å². The van der Waals surface area contributed by atoms with Crippen molar-refractivity contribution in [1.29, 1.82) is 0 Å². The van der Waals surface area contributed by atoms with Crippen molar-refractivity contribution in [3.8, 4) is 0 Å². The first kappa shape index (κ1) is 15.8. The summed E-state index contributed by atoms with van der Waals surface area (Å²) < 4.78 is 0. The maximum absolute atomic E-state index is 8.45. The molecule has 19 heavy (non-hydrogen) atoms. The Morgan fingerprint density at radius 1 is 1.47 bits per heavy atom. The first-order chi connectivity index (χ1) is 9.04. The maximum atomic E-state index is 8.45. The molecule has 0 aliphatic heterocycles. The normalized spacial score (nSPS) is 13.8. The van der Waals surface area contributed by atoms with Gasteiger partial charge in [-0.1, -0.05) is 28.9 Å². The second-order valence-corrected chi connectivity index (χ2v) is 5.20. The minimum atomic E-state index is 0.297. The van der Waals surface area contributed by atoms with Gasteiger partial charge in [0.1, 0.15) is 5.84 Å². The third-order valence-electron chi connectivity index (χ3n) is 3.31. The molecule has 0 saturated heterocycles. The summed E-state index contributed by atoms with van der Waals surface area (Å²) in [6.07, 6.45) is 2.57. The Bertz CT molecular complexity index is 423. The summed E-state index contributed by atoms with van der Waals surface area (Å²) in [7, 11) is 2.09. The average molecular weight is 284 g/mol. The van der Waals surface area contributed by atoms with Crippen molar-refractivity contribution in [2.45, 2.75) is 32.2 Å².